The van der Waals surface area contributed by atoms with E-state index < -0.39 is 11.9 Å². The number of rotatable bonds is 2. The maximum absolute atomic E-state index is 12.1. The zero-order valence-corrected chi connectivity index (χ0v) is 10.9. The van der Waals surface area contributed by atoms with Crippen LogP contribution in [0, 0.1) is 16.7 Å². The van der Waals surface area contributed by atoms with Crippen LogP contribution in [-0.2, 0) is 0 Å². The number of likely N-dealkylation sites (N-methyl/N-ethyl adjacent to an activating group) is 1. The van der Waals surface area contributed by atoms with Gasteiger partial charge in [-0.15, -0.1) is 0 Å². The second kappa shape index (κ2) is 6.43. The van der Waals surface area contributed by atoms with Crippen molar-refractivity contribution in [3.05, 3.63) is 23.5 Å². The fraction of sp³-hybridized carbons (Fsp3) is 0.500. The lowest BCUT2D eigenvalue weighted by molar-refractivity contribution is -0.120. The quantitative estimate of drug-likeness (QED) is 0.266. The van der Waals surface area contributed by atoms with Gasteiger partial charge in [-0.25, -0.2) is 0 Å². The van der Waals surface area contributed by atoms with Crippen LogP contribution < -0.4 is 0 Å². The molecule has 1 aliphatic rings. The fourth-order valence-corrected chi connectivity index (χ4v) is 1.63. The van der Waals surface area contributed by atoms with Crippen LogP contribution in [0.25, 0.3) is 0 Å². The Hall–Kier alpha value is -2.01. The van der Waals surface area contributed by atoms with Crippen molar-refractivity contribution >= 4 is 5.84 Å². The predicted octanol–water partition coefficient (Wildman–Crippen LogP) is 1.67. The molecule has 0 saturated carbocycles. The number of hydrogen-bond donors (Lipinski definition) is 2. The van der Waals surface area contributed by atoms with E-state index in [1.807, 2.05) is 7.05 Å². The summed E-state index contributed by atoms with van der Waals surface area (Å²) in [6, 6.07) is 1.68. The van der Waals surface area contributed by atoms with E-state index in [0.717, 1.165) is 6.08 Å². The van der Waals surface area contributed by atoms with E-state index in [2.05, 4.69) is 4.90 Å². The van der Waals surface area contributed by atoms with Crippen LogP contribution in [0.2, 0.25) is 0 Å². The number of halogens is 3. The third-order valence-electron chi connectivity index (χ3n) is 2.89. The molecule has 8 heteroatoms. The number of nitrogens with one attached hydrogen (secondary N) is 1. The van der Waals surface area contributed by atoms with Crippen molar-refractivity contribution in [1.82, 2.24) is 9.80 Å². The second-order valence-corrected chi connectivity index (χ2v) is 4.38. The van der Waals surface area contributed by atoms with Gasteiger partial charge in [-0.1, -0.05) is 0 Å². The maximum Gasteiger partial charge on any atom is 0.448 e. The van der Waals surface area contributed by atoms with Gasteiger partial charge in [0.1, 0.15) is 11.9 Å². The van der Waals surface area contributed by atoms with Crippen LogP contribution in [0.5, 0.6) is 0 Å². The van der Waals surface area contributed by atoms with Gasteiger partial charge in [0.2, 0.25) is 0 Å². The van der Waals surface area contributed by atoms with Gasteiger partial charge in [0, 0.05) is 26.2 Å². The number of amidine groups is 1. The minimum atomic E-state index is -4.85. The van der Waals surface area contributed by atoms with E-state index in [1.165, 1.54) is 0 Å². The molecule has 1 aliphatic heterocycles. The first kappa shape index (κ1) is 16.0. The van der Waals surface area contributed by atoms with Crippen LogP contribution in [0.4, 0.5) is 13.2 Å². The van der Waals surface area contributed by atoms with E-state index >= 15 is 0 Å². The molecule has 110 valence electrons. The number of alkyl halides is 3. The lowest BCUT2D eigenvalue weighted by Crippen LogP contribution is -2.47. The van der Waals surface area contributed by atoms with Crippen molar-refractivity contribution in [1.29, 1.82) is 10.7 Å². The number of nitriles is 1. The zero-order valence-electron chi connectivity index (χ0n) is 10.9. The molecule has 0 aliphatic carbocycles. The minimum absolute atomic E-state index is 0.133. The summed E-state index contributed by atoms with van der Waals surface area (Å²) in [4.78, 5) is 3.67. The highest BCUT2D eigenvalue weighted by Gasteiger charge is 2.33. The average Bonchev–Trinajstić information content (AvgIpc) is 2.38. The Morgan fingerprint density at radius 3 is 2.25 bits per heavy atom. The summed E-state index contributed by atoms with van der Waals surface area (Å²) in [6.45, 7) is 2.49. The van der Waals surface area contributed by atoms with E-state index in [1.54, 1.807) is 11.0 Å². The van der Waals surface area contributed by atoms with Gasteiger partial charge < -0.3 is 14.9 Å². The molecule has 1 saturated heterocycles. The molecule has 1 rings (SSSR count). The smallest absolute Gasteiger partial charge is 0.448 e. The van der Waals surface area contributed by atoms with Gasteiger partial charge in [0.15, 0.2) is 5.76 Å². The highest BCUT2D eigenvalue weighted by atomic mass is 19.4. The van der Waals surface area contributed by atoms with Gasteiger partial charge in [-0.3, -0.25) is 5.41 Å². The Labute approximate surface area is 114 Å². The normalized spacial score (nSPS) is 18.9. The summed E-state index contributed by atoms with van der Waals surface area (Å²) >= 11 is 0. The summed E-state index contributed by atoms with van der Waals surface area (Å²) in [7, 11) is 1.92. The molecule has 1 fully saturated rings. The van der Waals surface area contributed by atoms with Crippen molar-refractivity contribution in [3.63, 3.8) is 0 Å². The molecular formula is C12H15F3N4O. The third-order valence-corrected chi connectivity index (χ3v) is 2.89. The number of nitrogens with zero attached hydrogens (tertiary/aromatic N) is 3. The van der Waals surface area contributed by atoms with Crippen LogP contribution in [0.3, 0.4) is 0 Å². The molecule has 0 radical (unpaired) electrons. The second-order valence-electron chi connectivity index (χ2n) is 4.38. The molecule has 0 aromatic heterocycles. The number of aliphatic hydroxyl groups is 1. The first-order chi connectivity index (χ1) is 9.25. The topological polar surface area (TPSA) is 74.4 Å². The number of aliphatic hydroxyl groups excluding tert-OH is 1. The molecule has 2 N–H and O–H groups in total. The summed E-state index contributed by atoms with van der Waals surface area (Å²) in [5.41, 5.74) is -0.217. The maximum atomic E-state index is 12.1. The van der Waals surface area contributed by atoms with Gasteiger partial charge in [0.25, 0.3) is 0 Å². The van der Waals surface area contributed by atoms with Crippen LogP contribution in [0.15, 0.2) is 23.5 Å². The molecule has 1 heterocycles. The van der Waals surface area contributed by atoms with E-state index in [9.17, 15) is 13.2 Å². The summed E-state index contributed by atoms with van der Waals surface area (Å²) < 4.78 is 36.3. The van der Waals surface area contributed by atoms with Gasteiger partial charge in [0.05, 0.1) is 5.57 Å². The van der Waals surface area contributed by atoms with Crippen molar-refractivity contribution in [2.75, 3.05) is 33.2 Å². The summed E-state index contributed by atoms with van der Waals surface area (Å²) in [5.74, 6) is -1.93. The Balaban J connectivity index is 2.81. The fourth-order valence-electron chi connectivity index (χ4n) is 1.63. The Morgan fingerprint density at radius 1 is 1.25 bits per heavy atom. The van der Waals surface area contributed by atoms with Gasteiger partial charge in [-0.2, -0.15) is 18.4 Å². The van der Waals surface area contributed by atoms with Crippen LogP contribution in [-0.4, -0.2) is 60.1 Å². The Kier molecular flexibility index (Phi) is 5.16. The van der Waals surface area contributed by atoms with E-state index in [-0.39, 0.29) is 11.4 Å². The van der Waals surface area contributed by atoms with Crippen molar-refractivity contribution in [2.45, 2.75) is 6.18 Å². The van der Waals surface area contributed by atoms with Crippen LogP contribution in [0.1, 0.15) is 0 Å². The largest absolute Gasteiger partial charge is 0.504 e. The zero-order chi connectivity index (χ0) is 15.3. The van der Waals surface area contributed by atoms with E-state index in [0.29, 0.717) is 32.3 Å². The van der Waals surface area contributed by atoms with Crippen molar-refractivity contribution in [3.8, 4) is 6.07 Å². The van der Waals surface area contributed by atoms with Crippen molar-refractivity contribution in [2.24, 2.45) is 0 Å². The Bertz CT molecular complexity index is 468. The summed E-state index contributed by atoms with van der Waals surface area (Å²) in [6.07, 6.45) is -3.65. The van der Waals surface area contributed by atoms with Gasteiger partial charge >= 0.3 is 6.18 Å². The lowest BCUT2D eigenvalue weighted by atomic mass is 10.2. The average molecular weight is 288 g/mol. The molecule has 0 spiro atoms. The van der Waals surface area contributed by atoms with Gasteiger partial charge in [-0.05, 0) is 19.2 Å². The lowest BCUT2D eigenvalue weighted by Gasteiger charge is -2.33. The Morgan fingerprint density at radius 2 is 1.80 bits per heavy atom. The molecule has 20 heavy (non-hydrogen) atoms. The molecule has 0 bridgehead atoms. The number of piperazine rings is 1. The standard InChI is InChI=1S/C12H15F3N4O/c1-18-4-6-19(7-5-18)11(17)9(8-16)2-3-10(20)12(13,14)15/h2-3,17,20H,4-7H2,1H3/b9-2-,10-3+,17-11?. The van der Waals surface area contributed by atoms with Crippen LogP contribution >= 0.6 is 0 Å². The van der Waals surface area contributed by atoms with Crippen molar-refractivity contribution < 1.29 is 18.3 Å². The minimum Gasteiger partial charge on any atom is -0.504 e. The first-order valence-corrected chi connectivity index (χ1v) is 5.86. The molecular weight excluding hydrogens is 273 g/mol. The van der Waals surface area contributed by atoms with E-state index in [4.69, 9.17) is 15.8 Å². The number of hydrogen-bond acceptors (Lipinski definition) is 4. The first-order valence-electron chi connectivity index (χ1n) is 5.86. The third kappa shape index (κ3) is 4.28. The summed E-state index contributed by atoms with van der Waals surface area (Å²) in [5, 5.41) is 25.5. The predicted molar refractivity (Wildman–Crippen MR) is 67.3 cm³/mol. The molecule has 0 aromatic rings. The monoisotopic (exact) mass is 288 g/mol. The SMILES string of the molecule is CN1CCN(C(=N)/C(C#N)=C\C=C(\O)C(F)(F)F)CC1. The molecule has 0 unspecified atom stereocenters. The molecule has 0 aromatic carbocycles. The molecule has 5 nitrogen and oxygen atoms in total. The number of allylic oxidation sites excluding steroid dienone is 3. The molecule has 0 atom stereocenters. The highest BCUT2D eigenvalue weighted by Crippen LogP contribution is 2.23. The molecule has 0 amide bonds. The highest BCUT2D eigenvalue weighted by molar-refractivity contribution is 5.99.